The highest BCUT2D eigenvalue weighted by molar-refractivity contribution is 6.66. The molecule has 1 nitrogen and oxygen atoms in total. The summed E-state index contributed by atoms with van der Waals surface area (Å²) < 4.78 is 197. The minimum Gasteiger partial charge on any atom is -0.277 e. The second-order valence-electron chi connectivity index (χ2n) is 4.97. The first-order valence-corrected chi connectivity index (χ1v) is 5.86. The van der Waals surface area contributed by atoms with Gasteiger partial charge in [-0.3, -0.25) is 4.79 Å². The van der Waals surface area contributed by atoms with Crippen LogP contribution < -0.4 is 0 Å². The minimum atomic E-state index is -8.14. The third-order valence-electron chi connectivity index (χ3n) is 3.66. The predicted octanol–water partition coefficient (Wildman–Crippen LogP) is 4.92. The molecule has 2 atom stereocenters. The van der Waals surface area contributed by atoms with Crippen molar-refractivity contribution in [2.75, 3.05) is 0 Å². The zero-order chi connectivity index (χ0) is 21.6. The van der Waals surface area contributed by atoms with Gasteiger partial charge in [-0.2, -0.15) is 52.7 Å². The number of rotatable bonds is 1. The summed E-state index contributed by atoms with van der Waals surface area (Å²) >= 11 is 3.82. The summed E-state index contributed by atoms with van der Waals surface area (Å²) in [7, 11) is 0. The van der Waals surface area contributed by atoms with Crippen molar-refractivity contribution in [1.82, 2.24) is 0 Å². The van der Waals surface area contributed by atoms with E-state index in [2.05, 4.69) is 11.6 Å². The fourth-order valence-corrected chi connectivity index (χ4v) is 2.58. The van der Waals surface area contributed by atoms with E-state index in [-0.39, 0.29) is 0 Å². The molecular weight excluding hydrogens is 445 g/mol. The largest absolute Gasteiger partial charge is 0.432 e. The van der Waals surface area contributed by atoms with Gasteiger partial charge in [-0.15, -0.1) is 0 Å². The van der Waals surface area contributed by atoms with Crippen LogP contribution in [0.25, 0.3) is 0 Å². The smallest absolute Gasteiger partial charge is 0.277 e. The Morgan fingerprint density at radius 2 is 0.808 bits per heavy atom. The molecule has 1 aliphatic carbocycles. The van der Waals surface area contributed by atoms with Gasteiger partial charge in [0.05, 0.1) is 0 Å². The van der Waals surface area contributed by atoms with Crippen molar-refractivity contribution in [3.63, 3.8) is 0 Å². The van der Waals surface area contributed by atoms with E-state index in [0.29, 0.717) is 0 Å². The Labute approximate surface area is 136 Å². The number of carbonyl (C=O) groups excluding carboxylic acids is 1. The van der Waals surface area contributed by atoms with Crippen LogP contribution in [0.1, 0.15) is 0 Å². The Morgan fingerprint density at radius 3 is 0.962 bits per heavy atom. The molecule has 0 N–H and O–H groups in total. The van der Waals surface area contributed by atoms with E-state index < -0.39 is 52.4 Å². The van der Waals surface area contributed by atoms with Gasteiger partial charge in [-0.1, -0.05) is 0 Å². The van der Waals surface area contributed by atoms with Crippen molar-refractivity contribution in [2.45, 2.75) is 47.1 Å². The van der Waals surface area contributed by atoms with Gasteiger partial charge in [0.1, 0.15) is 0 Å². The monoisotopic (exact) mass is 444 g/mol. The second-order valence-corrected chi connectivity index (χ2v) is 5.31. The molecule has 0 aromatic heterocycles. The number of carbonyl (C=O) groups is 1. The van der Waals surface area contributed by atoms with Crippen LogP contribution >= 0.6 is 11.6 Å². The minimum absolute atomic E-state index is 3.82. The number of alkyl halides is 15. The Hall–Kier alpha value is -1.09. The standard InChI is InChI=1S/C9ClF15O/c10-1(26)2(11)3(12,8(20,21)22)5(14,15)7(18,19)6(16,17)4(2,13)9(23,24)25. The lowest BCUT2D eigenvalue weighted by Crippen LogP contribution is -2.92. The third-order valence-corrected chi connectivity index (χ3v) is 3.92. The summed E-state index contributed by atoms with van der Waals surface area (Å²) in [5.41, 5.74) is -24.0. The summed E-state index contributed by atoms with van der Waals surface area (Å²) in [6.45, 7) is 0. The van der Waals surface area contributed by atoms with Crippen LogP contribution in [-0.4, -0.2) is 52.4 Å². The maximum Gasteiger partial charge on any atom is 0.432 e. The van der Waals surface area contributed by atoms with E-state index in [1.54, 1.807) is 0 Å². The summed E-state index contributed by atoms with van der Waals surface area (Å²) in [5.74, 6) is -24.3. The Kier molecular flexibility index (Phi) is 4.45. The van der Waals surface area contributed by atoms with Gasteiger partial charge in [0.25, 0.3) is 10.9 Å². The van der Waals surface area contributed by atoms with Crippen molar-refractivity contribution in [3.8, 4) is 0 Å². The number of hydrogen-bond acceptors (Lipinski definition) is 1. The molecule has 0 saturated heterocycles. The van der Waals surface area contributed by atoms with Crippen LogP contribution in [0.2, 0.25) is 0 Å². The molecule has 1 saturated carbocycles. The van der Waals surface area contributed by atoms with Crippen molar-refractivity contribution in [1.29, 1.82) is 0 Å². The lowest BCUT2D eigenvalue weighted by Gasteiger charge is -2.57. The Bertz CT molecular complexity index is 578. The lowest BCUT2D eigenvalue weighted by atomic mass is 9.59. The molecule has 0 bridgehead atoms. The van der Waals surface area contributed by atoms with Crippen LogP contribution in [-0.2, 0) is 4.79 Å². The Balaban J connectivity index is 4.36. The highest BCUT2D eigenvalue weighted by Crippen LogP contribution is 2.74. The average Bonchev–Trinajstić information content (AvgIpc) is 2.39. The molecule has 0 spiro atoms. The quantitative estimate of drug-likeness (QED) is 0.415. The predicted molar refractivity (Wildman–Crippen MR) is 49.3 cm³/mol. The van der Waals surface area contributed by atoms with Crippen molar-refractivity contribution in [2.24, 2.45) is 0 Å². The molecule has 1 aliphatic rings. The molecule has 0 amide bonds. The highest BCUT2D eigenvalue weighted by Gasteiger charge is 3.08. The molecule has 154 valence electrons. The van der Waals surface area contributed by atoms with Gasteiger partial charge in [0.2, 0.25) is 0 Å². The molecule has 0 aromatic rings. The molecule has 1 rings (SSSR count). The first-order chi connectivity index (χ1) is 10.9. The maximum atomic E-state index is 14.2. The first-order valence-electron chi connectivity index (χ1n) is 5.48. The van der Waals surface area contributed by atoms with E-state index in [1.165, 1.54) is 0 Å². The Morgan fingerprint density at radius 1 is 0.577 bits per heavy atom. The molecule has 17 heteroatoms. The van der Waals surface area contributed by atoms with Crippen LogP contribution in [0, 0.1) is 0 Å². The van der Waals surface area contributed by atoms with E-state index in [0.717, 1.165) is 0 Å². The summed E-state index contributed by atoms with van der Waals surface area (Å²) in [5, 5.41) is -4.34. The molecule has 2 unspecified atom stereocenters. The molecule has 26 heavy (non-hydrogen) atoms. The van der Waals surface area contributed by atoms with E-state index >= 15 is 0 Å². The third kappa shape index (κ3) is 1.86. The van der Waals surface area contributed by atoms with Crippen LogP contribution in [0.4, 0.5) is 65.9 Å². The van der Waals surface area contributed by atoms with Gasteiger partial charge < -0.3 is 0 Å². The number of hydrogen-bond donors (Lipinski definition) is 0. The fraction of sp³-hybridized carbons (Fsp3) is 0.889. The van der Waals surface area contributed by atoms with Gasteiger partial charge >= 0.3 is 41.5 Å². The van der Waals surface area contributed by atoms with Gasteiger partial charge in [-0.05, 0) is 11.6 Å². The van der Waals surface area contributed by atoms with Crippen LogP contribution in [0.3, 0.4) is 0 Å². The van der Waals surface area contributed by atoms with Crippen molar-refractivity contribution >= 4 is 16.8 Å². The lowest BCUT2D eigenvalue weighted by molar-refractivity contribution is -0.495. The molecule has 0 radical (unpaired) electrons. The van der Waals surface area contributed by atoms with Crippen LogP contribution in [0.5, 0.6) is 0 Å². The summed E-state index contributed by atoms with van der Waals surface area (Å²) in [6, 6.07) is 0. The van der Waals surface area contributed by atoms with Crippen molar-refractivity contribution in [3.05, 3.63) is 0 Å². The molecule has 0 aliphatic heterocycles. The molecule has 1 fully saturated rings. The van der Waals surface area contributed by atoms with E-state index in [9.17, 15) is 70.7 Å². The number of halogens is 16. The highest BCUT2D eigenvalue weighted by atomic mass is 35.5. The topological polar surface area (TPSA) is 17.1 Å². The van der Waals surface area contributed by atoms with Gasteiger partial charge in [0, 0.05) is 0 Å². The van der Waals surface area contributed by atoms with Crippen LogP contribution in [0.15, 0.2) is 0 Å². The van der Waals surface area contributed by atoms with E-state index in [4.69, 9.17) is 0 Å². The molecule has 0 heterocycles. The van der Waals surface area contributed by atoms with Crippen molar-refractivity contribution < 1.29 is 70.7 Å². The zero-order valence-corrected chi connectivity index (χ0v) is 11.7. The maximum absolute atomic E-state index is 14.2. The SMILES string of the molecule is O=C(Cl)C1(F)C(F)(C(F)(F)F)C(F)(F)C(F)(F)C(F)(F)C1(F)C(F)(F)F. The van der Waals surface area contributed by atoms with E-state index in [1.807, 2.05) is 0 Å². The molecular formula is C9ClF15O. The molecule has 0 aromatic carbocycles. The normalized spacial score (nSPS) is 39.5. The van der Waals surface area contributed by atoms with Gasteiger partial charge in [-0.25, -0.2) is 13.2 Å². The fourth-order valence-electron chi connectivity index (χ4n) is 2.32. The van der Waals surface area contributed by atoms with Gasteiger partial charge in [0.15, 0.2) is 0 Å². The summed E-state index contributed by atoms with van der Waals surface area (Å²) in [6.07, 6.45) is -15.9. The zero-order valence-electron chi connectivity index (χ0n) is 11.0. The first kappa shape index (κ1) is 23.0. The average molecular weight is 445 g/mol. The summed E-state index contributed by atoms with van der Waals surface area (Å²) in [4.78, 5) is 10.6. The second kappa shape index (κ2) is 5.04.